The number of nitrogens with zero attached hydrogens (tertiary/aromatic N) is 1. The number of aliphatic carboxylic acids is 1. The highest BCUT2D eigenvalue weighted by molar-refractivity contribution is 5.79. The van der Waals surface area contributed by atoms with Gasteiger partial charge in [0.05, 0.1) is 6.42 Å². The lowest BCUT2D eigenvalue weighted by Crippen LogP contribution is -2.45. The smallest absolute Gasteiger partial charge is 0.407 e. The molecular weight excluding hydrogens is 444 g/mol. The first-order valence-corrected chi connectivity index (χ1v) is 12.6. The zero-order valence-electron chi connectivity index (χ0n) is 20.2. The molecule has 2 aromatic rings. The number of nitrogens with one attached hydrogen (secondary N) is 1. The van der Waals surface area contributed by atoms with Crippen LogP contribution in [0.3, 0.4) is 0 Å². The van der Waals surface area contributed by atoms with Crippen LogP contribution >= 0.6 is 0 Å². The average Bonchev–Trinajstić information content (AvgIpc) is 3.18. The summed E-state index contributed by atoms with van der Waals surface area (Å²) in [6.07, 6.45) is 3.47. The molecule has 7 heteroatoms. The van der Waals surface area contributed by atoms with E-state index in [1.165, 1.54) is 22.3 Å². The molecule has 4 rings (SSSR count). The third kappa shape index (κ3) is 5.84. The van der Waals surface area contributed by atoms with Crippen molar-refractivity contribution in [2.24, 2.45) is 5.92 Å². The fourth-order valence-electron chi connectivity index (χ4n) is 5.48. The summed E-state index contributed by atoms with van der Waals surface area (Å²) in [5, 5.41) is 12.0. The summed E-state index contributed by atoms with van der Waals surface area (Å²) < 4.78 is 5.72. The normalized spacial score (nSPS) is 18.9. The van der Waals surface area contributed by atoms with Gasteiger partial charge in [-0.1, -0.05) is 61.4 Å². The van der Waals surface area contributed by atoms with Gasteiger partial charge in [-0.05, 0) is 47.9 Å². The van der Waals surface area contributed by atoms with Crippen LogP contribution in [0.4, 0.5) is 4.79 Å². The molecular formula is C28H34N2O5. The first-order chi connectivity index (χ1) is 17.0. The highest BCUT2D eigenvalue weighted by Gasteiger charge is 2.32. The highest BCUT2D eigenvalue weighted by atomic mass is 16.5. The highest BCUT2D eigenvalue weighted by Crippen LogP contribution is 2.44. The number of amides is 2. The predicted octanol–water partition coefficient (Wildman–Crippen LogP) is 4.80. The Morgan fingerprint density at radius 3 is 2.26 bits per heavy atom. The van der Waals surface area contributed by atoms with E-state index in [9.17, 15) is 14.4 Å². The molecule has 0 aromatic heterocycles. The number of hydrogen-bond acceptors (Lipinski definition) is 4. The van der Waals surface area contributed by atoms with E-state index < -0.39 is 12.1 Å². The van der Waals surface area contributed by atoms with Crippen molar-refractivity contribution < 1.29 is 24.2 Å². The van der Waals surface area contributed by atoms with Crippen LogP contribution in [0.25, 0.3) is 11.1 Å². The van der Waals surface area contributed by atoms with E-state index in [0.29, 0.717) is 13.0 Å². The van der Waals surface area contributed by atoms with Crippen molar-refractivity contribution in [2.45, 2.75) is 57.4 Å². The maximum atomic E-state index is 12.8. The number of alkyl carbamates (subject to hydrolysis) is 1. The molecule has 186 valence electrons. The maximum absolute atomic E-state index is 12.8. The molecule has 2 N–H and O–H groups in total. The summed E-state index contributed by atoms with van der Waals surface area (Å²) in [5.41, 5.74) is 4.71. The lowest BCUT2D eigenvalue weighted by atomic mass is 9.82. The number of carbonyl (C=O) groups excluding carboxylic acids is 2. The molecule has 0 aliphatic heterocycles. The second kappa shape index (κ2) is 11.4. The Labute approximate surface area is 206 Å². The quantitative estimate of drug-likeness (QED) is 0.540. The standard InChI is InChI=1S/C28H34N2O5/c1-2-30(16-15-27(32)33)26(31)17-19-9-3-8-14-25(19)29-28(34)35-18-24-22-12-6-4-10-20(22)21-11-5-7-13-23(21)24/h4-7,10-13,19,24-25H,2-3,8-9,14-18H2,1H3,(H,29,34)(H,32,33)/t19-,25-/m0/s1. The lowest BCUT2D eigenvalue weighted by molar-refractivity contribution is -0.138. The van der Waals surface area contributed by atoms with Crippen molar-refractivity contribution in [3.63, 3.8) is 0 Å². The van der Waals surface area contributed by atoms with Crippen LogP contribution in [0.5, 0.6) is 0 Å². The van der Waals surface area contributed by atoms with Crippen LogP contribution in [0.1, 0.15) is 62.5 Å². The van der Waals surface area contributed by atoms with Crippen LogP contribution in [0.15, 0.2) is 48.5 Å². The third-order valence-corrected chi connectivity index (χ3v) is 7.32. The van der Waals surface area contributed by atoms with Crippen molar-refractivity contribution in [3.8, 4) is 11.1 Å². The first-order valence-electron chi connectivity index (χ1n) is 12.6. The number of benzene rings is 2. The molecule has 2 amide bonds. The van der Waals surface area contributed by atoms with E-state index in [1.54, 1.807) is 4.90 Å². The number of ether oxygens (including phenoxy) is 1. The van der Waals surface area contributed by atoms with Crippen LogP contribution in [-0.4, -0.2) is 53.7 Å². The molecule has 0 spiro atoms. The van der Waals surface area contributed by atoms with E-state index in [-0.39, 0.29) is 43.4 Å². The zero-order chi connectivity index (χ0) is 24.8. The fraction of sp³-hybridized carbons (Fsp3) is 0.464. The minimum atomic E-state index is -0.913. The van der Waals surface area contributed by atoms with E-state index in [0.717, 1.165) is 25.7 Å². The Balaban J connectivity index is 1.35. The van der Waals surface area contributed by atoms with Gasteiger partial charge in [-0.3, -0.25) is 9.59 Å². The molecule has 0 heterocycles. The SMILES string of the molecule is CCN(CCC(=O)O)C(=O)C[C@@H]1CCCC[C@@H]1NC(=O)OCC1c2ccccc2-c2ccccc21. The largest absolute Gasteiger partial charge is 0.481 e. The lowest BCUT2D eigenvalue weighted by Gasteiger charge is -2.33. The van der Waals surface area contributed by atoms with Crippen molar-refractivity contribution >= 4 is 18.0 Å². The summed E-state index contributed by atoms with van der Waals surface area (Å²) in [7, 11) is 0. The second-order valence-corrected chi connectivity index (χ2v) is 9.44. The van der Waals surface area contributed by atoms with Crippen LogP contribution < -0.4 is 5.32 Å². The number of carboxylic acid groups (broad SMARTS) is 1. The molecule has 7 nitrogen and oxygen atoms in total. The Bertz CT molecular complexity index is 1020. The summed E-state index contributed by atoms with van der Waals surface area (Å²) in [5.74, 6) is -0.941. The van der Waals surface area contributed by atoms with Gasteiger partial charge in [0, 0.05) is 31.5 Å². The van der Waals surface area contributed by atoms with Crippen LogP contribution in [-0.2, 0) is 14.3 Å². The molecule has 2 aromatic carbocycles. The van der Waals surface area contributed by atoms with Gasteiger partial charge >= 0.3 is 12.1 Å². The molecule has 2 aliphatic carbocycles. The maximum Gasteiger partial charge on any atom is 0.407 e. The molecule has 0 bridgehead atoms. The van der Waals surface area contributed by atoms with Crippen molar-refractivity contribution in [3.05, 3.63) is 59.7 Å². The molecule has 1 saturated carbocycles. The van der Waals surface area contributed by atoms with Gasteiger partial charge in [-0.2, -0.15) is 0 Å². The topological polar surface area (TPSA) is 95.9 Å². The summed E-state index contributed by atoms with van der Waals surface area (Å²) in [4.78, 5) is 38.1. The van der Waals surface area contributed by atoms with E-state index >= 15 is 0 Å². The van der Waals surface area contributed by atoms with Crippen LogP contribution in [0, 0.1) is 5.92 Å². The average molecular weight is 479 g/mol. The number of hydrogen-bond donors (Lipinski definition) is 2. The van der Waals surface area contributed by atoms with Gasteiger partial charge in [0.2, 0.25) is 5.91 Å². The predicted molar refractivity (Wildman–Crippen MR) is 133 cm³/mol. The molecule has 0 unspecified atom stereocenters. The van der Waals surface area contributed by atoms with E-state index in [4.69, 9.17) is 9.84 Å². The van der Waals surface area contributed by atoms with Gasteiger partial charge in [0.15, 0.2) is 0 Å². The van der Waals surface area contributed by atoms with E-state index in [1.807, 2.05) is 31.2 Å². The van der Waals surface area contributed by atoms with Gasteiger partial charge in [-0.15, -0.1) is 0 Å². The van der Waals surface area contributed by atoms with Gasteiger partial charge in [-0.25, -0.2) is 4.79 Å². The number of carbonyl (C=O) groups is 3. The molecule has 0 radical (unpaired) electrons. The first kappa shape index (κ1) is 24.8. The molecule has 2 atom stereocenters. The van der Waals surface area contributed by atoms with Crippen molar-refractivity contribution in [2.75, 3.05) is 19.7 Å². The molecule has 0 saturated heterocycles. The summed E-state index contributed by atoms with van der Waals surface area (Å²) in [6.45, 7) is 2.80. The summed E-state index contributed by atoms with van der Waals surface area (Å²) in [6, 6.07) is 16.3. The van der Waals surface area contributed by atoms with Gasteiger partial charge < -0.3 is 20.1 Å². The van der Waals surface area contributed by atoms with Crippen molar-refractivity contribution in [1.82, 2.24) is 10.2 Å². The Kier molecular flexibility index (Phi) is 8.06. The molecule has 35 heavy (non-hydrogen) atoms. The number of rotatable bonds is 9. The van der Waals surface area contributed by atoms with Crippen molar-refractivity contribution in [1.29, 1.82) is 0 Å². The zero-order valence-corrected chi connectivity index (χ0v) is 20.2. The Morgan fingerprint density at radius 2 is 1.63 bits per heavy atom. The fourth-order valence-corrected chi connectivity index (χ4v) is 5.48. The minimum absolute atomic E-state index is 0.00392. The Morgan fingerprint density at radius 1 is 1.00 bits per heavy atom. The number of carboxylic acids is 1. The second-order valence-electron chi connectivity index (χ2n) is 9.44. The minimum Gasteiger partial charge on any atom is -0.481 e. The van der Waals surface area contributed by atoms with Crippen LogP contribution in [0.2, 0.25) is 0 Å². The van der Waals surface area contributed by atoms with E-state index in [2.05, 4.69) is 29.6 Å². The molecule has 2 aliphatic rings. The summed E-state index contributed by atoms with van der Waals surface area (Å²) >= 11 is 0. The van der Waals surface area contributed by atoms with Gasteiger partial charge in [0.1, 0.15) is 6.61 Å². The molecule has 1 fully saturated rings. The third-order valence-electron chi connectivity index (χ3n) is 7.32. The monoisotopic (exact) mass is 478 g/mol. The van der Waals surface area contributed by atoms with Gasteiger partial charge in [0.25, 0.3) is 0 Å². The Hall–Kier alpha value is -3.35. The number of fused-ring (bicyclic) bond motifs is 3.